The van der Waals surface area contributed by atoms with Gasteiger partial charge in [0.25, 0.3) is 0 Å². The zero-order valence-electron chi connectivity index (χ0n) is 15.9. The molecule has 1 atom stereocenters. The molecule has 0 saturated carbocycles. The van der Waals surface area contributed by atoms with E-state index in [9.17, 15) is 18.3 Å². The van der Waals surface area contributed by atoms with Crippen LogP contribution in [-0.4, -0.2) is 30.5 Å². The highest BCUT2D eigenvalue weighted by atomic mass is 32.2. The molecule has 0 amide bonds. The summed E-state index contributed by atoms with van der Waals surface area (Å²) in [6, 6.07) is 21.9. The van der Waals surface area contributed by atoms with Crippen LogP contribution in [0.3, 0.4) is 0 Å². The number of carbonyl (C=O) groups is 1. The zero-order valence-corrected chi connectivity index (χ0v) is 16.8. The van der Waals surface area contributed by atoms with E-state index >= 15 is 0 Å². The van der Waals surface area contributed by atoms with E-state index in [1.807, 2.05) is 54.6 Å². The van der Waals surface area contributed by atoms with Gasteiger partial charge in [0.15, 0.2) is 0 Å². The lowest BCUT2D eigenvalue weighted by Crippen LogP contribution is -2.42. The largest absolute Gasteiger partial charge is 0.480 e. The van der Waals surface area contributed by atoms with Crippen molar-refractivity contribution in [2.45, 2.75) is 17.4 Å². The first-order valence-electron chi connectivity index (χ1n) is 9.40. The summed E-state index contributed by atoms with van der Waals surface area (Å²) < 4.78 is 28.7. The molecule has 0 radical (unpaired) electrons. The Balaban J connectivity index is 1.67. The van der Waals surface area contributed by atoms with E-state index in [2.05, 4.69) is 9.71 Å². The van der Waals surface area contributed by atoms with Crippen LogP contribution in [0.1, 0.15) is 5.56 Å². The van der Waals surface area contributed by atoms with Crippen molar-refractivity contribution >= 4 is 26.9 Å². The number of carboxylic acid groups (broad SMARTS) is 1. The SMILES string of the molecule is O=C(O)[C@H](Cc1c[nH]c2ccccc12)NS(=O)(=O)c1ccccc1-c1ccccc1. The molecule has 0 aliphatic carbocycles. The number of carboxylic acids is 1. The van der Waals surface area contributed by atoms with Gasteiger partial charge in [0, 0.05) is 29.1 Å². The lowest BCUT2D eigenvalue weighted by molar-refractivity contribution is -0.138. The monoisotopic (exact) mass is 420 g/mol. The van der Waals surface area contributed by atoms with Crippen molar-refractivity contribution in [3.63, 3.8) is 0 Å². The molecular weight excluding hydrogens is 400 g/mol. The number of benzene rings is 3. The Kier molecular flexibility index (Phi) is 5.39. The second-order valence-electron chi connectivity index (χ2n) is 6.94. The Labute approximate surface area is 174 Å². The van der Waals surface area contributed by atoms with Gasteiger partial charge in [-0.15, -0.1) is 0 Å². The van der Waals surface area contributed by atoms with Gasteiger partial charge in [0.05, 0.1) is 4.90 Å². The highest BCUT2D eigenvalue weighted by molar-refractivity contribution is 7.89. The van der Waals surface area contributed by atoms with Crippen molar-refractivity contribution in [1.82, 2.24) is 9.71 Å². The maximum absolute atomic E-state index is 13.2. The fraction of sp³-hybridized carbons (Fsp3) is 0.0870. The molecule has 3 aromatic carbocycles. The smallest absolute Gasteiger partial charge is 0.322 e. The van der Waals surface area contributed by atoms with Crippen molar-refractivity contribution in [3.8, 4) is 11.1 Å². The number of rotatable bonds is 7. The molecule has 0 bridgehead atoms. The van der Waals surface area contributed by atoms with E-state index in [-0.39, 0.29) is 11.3 Å². The van der Waals surface area contributed by atoms with Crippen LogP contribution < -0.4 is 4.72 Å². The number of fused-ring (bicyclic) bond motifs is 1. The van der Waals surface area contributed by atoms with Crippen LogP contribution in [0.2, 0.25) is 0 Å². The predicted molar refractivity (Wildman–Crippen MR) is 116 cm³/mol. The number of aromatic amines is 1. The Morgan fingerprint density at radius 1 is 0.933 bits per heavy atom. The van der Waals surface area contributed by atoms with Gasteiger partial charge < -0.3 is 10.1 Å². The van der Waals surface area contributed by atoms with E-state index < -0.39 is 22.0 Å². The molecule has 6 nitrogen and oxygen atoms in total. The molecule has 0 spiro atoms. The summed E-state index contributed by atoms with van der Waals surface area (Å²) in [6.07, 6.45) is 1.74. The molecule has 1 heterocycles. The average molecular weight is 420 g/mol. The van der Waals surface area contributed by atoms with Crippen molar-refractivity contribution in [1.29, 1.82) is 0 Å². The fourth-order valence-corrected chi connectivity index (χ4v) is 4.93. The van der Waals surface area contributed by atoms with Crippen LogP contribution in [-0.2, 0) is 21.2 Å². The van der Waals surface area contributed by atoms with Crippen LogP contribution in [0.5, 0.6) is 0 Å². The Hall–Kier alpha value is -3.42. The molecule has 0 fully saturated rings. The van der Waals surface area contributed by atoms with E-state index in [1.54, 1.807) is 24.4 Å². The molecule has 30 heavy (non-hydrogen) atoms. The Bertz CT molecular complexity index is 1300. The van der Waals surface area contributed by atoms with Crippen molar-refractivity contribution in [2.24, 2.45) is 0 Å². The van der Waals surface area contributed by atoms with Gasteiger partial charge in [-0.3, -0.25) is 4.79 Å². The molecule has 1 aromatic heterocycles. The van der Waals surface area contributed by atoms with Crippen molar-refractivity contribution in [2.75, 3.05) is 0 Å². The molecule has 4 aromatic rings. The molecule has 4 rings (SSSR count). The van der Waals surface area contributed by atoms with Crippen LogP contribution in [0.25, 0.3) is 22.0 Å². The summed E-state index contributed by atoms with van der Waals surface area (Å²) in [4.78, 5) is 15.0. The van der Waals surface area contributed by atoms with Gasteiger partial charge >= 0.3 is 5.97 Å². The quantitative estimate of drug-likeness (QED) is 0.423. The first kappa shape index (κ1) is 19.9. The third-order valence-corrected chi connectivity index (χ3v) is 6.49. The van der Waals surface area contributed by atoms with Gasteiger partial charge in [-0.25, -0.2) is 8.42 Å². The lowest BCUT2D eigenvalue weighted by atomic mass is 10.1. The minimum absolute atomic E-state index is 0.0199. The molecule has 0 saturated heterocycles. The van der Waals surface area contributed by atoms with Gasteiger partial charge in [-0.1, -0.05) is 66.7 Å². The summed E-state index contributed by atoms with van der Waals surface area (Å²) in [5.41, 5.74) is 2.86. The summed E-state index contributed by atoms with van der Waals surface area (Å²) in [6.45, 7) is 0. The number of aromatic nitrogens is 1. The molecule has 3 N–H and O–H groups in total. The number of aliphatic carboxylic acids is 1. The average Bonchev–Trinajstić information content (AvgIpc) is 3.17. The summed E-state index contributed by atoms with van der Waals surface area (Å²) in [5, 5.41) is 10.6. The number of nitrogens with one attached hydrogen (secondary N) is 2. The molecule has 0 aliphatic rings. The van der Waals surface area contributed by atoms with Crippen LogP contribution >= 0.6 is 0 Å². The maximum Gasteiger partial charge on any atom is 0.322 e. The number of hydrogen-bond donors (Lipinski definition) is 3. The minimum atomic E-state index is -4.08. The summed E-state index contributed by atoms with van der Waals surface area (Å²) in [7, 11) is -4.08. The predicted octanol–water partition coefficient (Wildman–Crippen LogP) is 3.81. The number of sulfonamides is 1. The maximum atomic E-state index is 13.2. The molecule has 0 aliphatic heterocycles. The van der Waals surface area contributed by atoms with Gasteiger partial charge in [0.2, 0.25) is 10.0 Å². The molecule has 152 valence electrons. The van der Waals surface area contributed by atoms with Gasteiger partial charge in [-0.2, -0.15) is 4.72 Å². The standard InChI is InChI=1S/C23H20N2O4S/c26-23(27)21(14-17-15-24-20-12-6-4-10-18(17)20)25-30(28,29)22-13-7-5-11-19(22)16-8-2-1-3-9-16/h1-13,15,21,24-25H,14H2,(H,26,27)/t21-/m0/s1. The van der Waals surface area contributed by atoms with Crippen molar-refractivity contribution in [3.05, 3.63) is 90.6 Å². The second-order valence-corrected chi connectivity index (χ2v) is 8.62. The minimum Gasteiger partial charge on any atom is -0.480 e. The van der Waals surface area contributed by atoms with E-state index in [1.165, 1.54) is 6.07 Å². The van der Waals surface area contributed by atoms with E-state index in [0.29, 0.717) is 5.56 Å². The van der Waals surface area contributed by atoms with Crippen LogP contribution in [0, 0.1) is 0 Å². The normalized spacial score (nSPS) is 12.7. The zero-order chi connectivity index (χ0) is 21.1. The van der Waals surface area contributed by atoms with Gasteiger partial charge in [-0.05, 0) is 23.3 Å². The molecule has 0 unspecified atom stereocenters. The Morgan fingerprint density at radius 3 is 2.37 bits per heavy atom. The van der Waals surface area contributed by atoms with E-state index in [4.69, 9.17) is 0 Å². The van der Waals surface area contributed by atoms with Crippen LogP contribution in [0.4, 0.5) is 0 Å². The van der Waals surface area contributed by atoms with E-state index in [0.717, 1.165) is 22.0 Å². The number of para-hydroxylation sites is 1. The second kappa shape index (κ2) is 8.14. The van der Waals surface area contributed by atoms with Crippen LogP contribution in [0.15, 0.2) is 90.0 Å². The third-order valence-electron chi connectivity index (χ3n) is 4.96. The van der Waals surface area contributed by atoms with Crippen molar-refractivity contribution < 1.29 is 18.3 Å². The molecule has 7 heteroatoms. The fourth-order valence-electron chi connectivity index (χ4n) is 3.51. The lowest BCUT2D eigenvalue weighted by Gasteiger charge is -2.17. The number of H-pyrrole nitrogens is 1. The summed E-state index contributed by atoms with van der Waals surface area (Å²) >= 11 is 0. The highest BCUT2D eigenvalue weighted by Gasteiger charge is 2.28. The highest BCUT2D eigenvalue weighted by Crippen LogP contribution is 2.27. The van der Waals surface area contributed by atoms with Gasteiger partial charge in [0.1, 0.15) is 6.04 Å². The summed E-state index contributed by atoms with van der Waals surface area (Å²) in [5.74, 6) is -1.24. The topological polar surface area (TPSA) is 99.3 Å². The molecular formula is C23H20N2O4S. The number of hydrogen-bond acceptors (Lipinski definition) is 3. The first-order valence-corrected chi connectivity index (χ1v) is 10.9. The Morgan fingerprint density at radius 2 is 1.60 bits per heavy atom. The first-order chi connectivity index (χ1) is 14.5. The third kappa shape index (κ3) is 3.98.